The standard InChI is InChI=1S/C20H18FN7O/c1-27-8-13(6-25-27)16-9-28(10-17-19(16)23-11-22-17)20(29)15-7-24-26-18(15)12-3-2-4-14(21)5-12/h2-8,11,16H,9-10H2,1H3,(H,22,23)(H,24,26). The minimum absolute atomic E-state index is 0.0767. The van der Waals surface area contributed by atoms with Crippen LogP contribution in [0.5, 0.6) is 0 Å². The number of rotatable bonds is 3. The first-order valence-electron chi connectivity index (χ1n) is 9.19. The highest BCUT2D eigenvalue weighted by Gasteiger charge is 2.33. The van der Waals surface area contributed by atoms with Crippen molar-refractivity contribution in [1.29, 1.82) is 0 Å². The maximum Gasteiger partial charge on any atom is 0.258 e. The van der Waals surface area contributed by atoms with E-state index in [0.29, 0.717) is 29.9 Å². The number of hydrogen-bond acceptors (Lipinski definition) is 4. The second-order valence-electron chi connectivity index (χ2n) is 7.12. The Labute approximate surface area is 165 Å². The van der Waals surface area contributed by atoms with E-state index >= 15 is 0 Å². The molecule has 1 atom stereocenters. The van der Waals surface area contributed by atoms with Gasteiger partial charge in [0.1, 0.15) is 5.82 Å². The van der Waals surface area contributed by atoms with Gasteiger partial charge in [0.15, 0.2) is 0 Å². The van der Waals surface area contributed by atoms with Gasteiger partial charge in [0.25, 0.3) is 5.91 Å². The molecule has 4 heterocycles. The molecular formula is C20H18FN7O. The fourth-order valence-electron chi connectivity index (χ4n) is 3.84. The lowest BCUT2D eigenvalue weighted by Crippen LogP contribution is -2.38. The molecular weight excluding hydrogens is 373 g/mol. The van der Waals surface area contributed by atoms with E-state index in [1.165, 1.54) is 18.3 Å². The Kier molecular flexibility index (Phi) is 4.01. The largest absolute Gasteiger partial charge is 0.347 e. The van der Waals surface area contributed by atoms with Crippen LogP contribution in [0.15, 0.2) is 49.2 Å². The lowest BCUT2D eigenvalue weighted by Gasteiger charge is -2.31. The van der Waals surface area contributed by atoms with Crippen LogP contribution in [0, 0.1) is 5.82 Å². The van der Waals surface area contributed by atoms with Gasteiger partial charge in [-0.05, 0) is 12.1 Å². The van der Waals surface area contributed by atoms with Crippen molar-refractivity contribution in [2.75, 3.05) is 6.54 Å². The smallest absolute Gasteiger partial charge is 0.258 e. The molecule has 8 nitrogen and oxygen atoms in total. The number of carbonyl (C=O) groups is 1. The normalized spacial score (nSPS) is 16.1. The van der Waals surface area contributed by atoms with Crippen molar-refractivity contribution in [3.8, 4) is 11.3 Å². The van der Waals surface area contributed by atoms with Crippen LogP contribution < -0.4 is 0 Å². The molecule has 4 aromatic rings. The maximum atomic E-state index is 13.7. The molecule has 5 rings (SSSR count). The van der Waals surface area contributed by atoms with E-state index in [0.717, 1.165) is 17.0 Å². The Morgan fingerprint density at radius 3 is 3.00 bits per heavy atom. The molecule has 0 saturated carbocycles. The molecule has 146 valence electrons. The van der Waals surface area contributed by atoms with Crippen molar-refractivity contribution in [1.82, 2.24) is 34.8 Å². The molecule has 29 heavy (non-hydrogen) atoms. The Balaban J connectivity index is 1.49. The van der Waals surface area contributed by atoms with Gasteiger partial charge in [0, 0.05) is 36.8 Å². The van der Waals surface area contributed by atoms with E-state index in [2.05, 4.69) is 25.3 Å². The molecule has 1 amide bonds. The predicted octanol–water partition coefficient (Wildman–Crippen LogP) is 2.46. The number of hydrogen-bond donors (Lipinski definition) is 2. The molecule has 9 heteroatoms. The quantitative estimate of drug-likeness (QED) is 0.561. The van der Waals surface area contributed by atoms with Crippen LogP contribution in [-0.4, -0.2) is 47.3 Å². The van der Waals surface area contributed by atoms with Crippen molar-refractivity contribution < 1.29 is 9.18 Å². The van der Waals surface area contributed by atoms with Crippen molar-refractivity contribution in [3.63, 3.8) is 0 Å². The van der Waals surface area contributed by atoms with E-state index in [4.69, 9.17) is 0 Å². The van der Waals surface area contributed by atoms with Gasteiger partial charge in [-0.2, -0.15) is 10.2 Å². The summed E-state index contributed by atoms with van der Waals surface area (Å²) in [4.78, 5) is 22.7. The monoisotopic (exact) mass is 391 g/mol. The van der Waals surface area contributed by atoms with Crippen LogP contribution in [0.1, 0.15) is 33.2 Å². The molecule has 1 aliphatic heterocycles. The maximum absolute atomic E-state index is 13.7. The summed E-state index contributed by atoms with van der Waals surface area (Å²) in [5, 5.41) is 11.1. The summed E-state index contributed by atoms with van der Waals surface area (Å²) < 4.78 is 15.4. The molecule has 2 N–H and O–H groups in total. The second kappa shape index (κ2) is 6.69. The van der Waals surface area contributed by atoms with Gasteiger partial charge in [-0.25, -0.2) is 9.37 Å². The summed E-state index contributed by atoms with van der Waals surface area (Å²) in [5.41, 5.74) is 4.31. The Bertz CT molecular complexity index is 1190. The summed E-state index contributed by atoms with van der Waals surface area (Å²) >= 11 is 0. The number of benzene rings is 1. The zero-order valence-corrected chi connectivity index (χ0v) is 15.6. The minimum atomic E-state index is -0.368. The lowest BCUT2D eigenvalue weighted by molar-refractivity contribution is 0.0722. The number of amides is 1. The van der Waals surface area contributed by atoms with Gasteiger partial charge in [-0.1, -0.05) is 12.1 Å². The molecule has 0 radical (unpaired) electrons. The minimum Gasteiger partial charge on any atom is -0.347 e. The zero-order valence-electron chi connectivity index (χ0n) is 15.6. The molecule has 1 aliphatic rings. The number of aromatic amines is 2. The first-order chi connectivity index (χ1) is 14.1. The molecule has 3 aromatic heterocycles. The molecule has 0 aliphatic carbocycles. The van der Waals surface area contributed by atoms with Crippen molar-refractivity contribution in [3.05, 3.63) is 77.5 Å². The van der Waals surface area contributed by atoms with Crippen LogP contribution in [-0.2, 0) is 13.6 Å². The number of fused-ring (bicyclic) bond motifs is 1. The highest BCUT2D eigenvalue weighted by Crippen LogP contribution is 2.33. The van der Waals surface area contributed by atoms with E-state index in [-0.39, 0.29) is 17.6 Å². The fourth-order valence-corrected chi connectivity index (χ4v) is 3.84. The lowest BCUT2D eigenvalue weighted by atomic mass is 9.92. The summed E-state index contributed by atoms with van der Waals surface area (Å²) in [6, 6.07) is 6.10. The predicted molar refractivity (Wildman–Crippen MR) is 102 cm³/mol. The third-order valence-electron chi connectivity index (χ3n) is 5.23. The number of aryl methyl sites for hydroxylation is 1. The third-order valence-corrected chi connectivity index (χ3v) is 5.23. The van der Waals surface area contributed by atoms with Crippen LogP contribution >= 0.6 is 0 Å². The van der Waals surface area contributed by atoms with Gasteiger partial charge < -0.3 is 9.88 Å². The molecule has 1 unspecified atom stereocenters. The molecule has 0 spiro atoms. The molecule has 0 bridgehead atoms. The van der Waals surface area contributed by atoms with Gasteiger partial charge in [-0.3, -0.25) is 14.6 Å². The summed E-state index contributed by atoms with van der Waals surface area (Å²) in [6.07, 6.45) is 6.88. The van der Waals surface area contributed by atoms with E-state index < -0.39 is 0 Å². The van der Waals surface area contributed by atoms with Crippen LogP contribution in [0.3, 0.4) is 0 Å². The topological polar surface area (TPSA) is 95.5 Å². The van der Waals surface area contributed by atoms with E-state index in [1.807, 2.05) is 13.2 Å². The van der Waals surface area contributed by atoms with Crippen molar-refractivity contribution >= 4 is 5.91 Å². The van der Waals surface area contributed by atoms with Gasteiger partial charge in [-0.15, -0.1) is 0 Å². The van der Waals surface area contributed by atoms with Crippen molar-refractivity contribution in [2.24, 2.45) is 7.05 Å². The van der Waals surface area contributed by atoms with Gasteiger partial charge in [0.05, 0.1) is 47.9 Å². The van der Waals surface area contributed by atoms with Gasteiger partial charge in [0.2, 0.25) is 0 Å². The summed E-state index contributed by atoms with van der Waals surface area (Å²) in [7, 11) is 1.86. The number of nitrogens with zero attached hydrogens (tertiary/aromatic N) is 5. The number of imidazole rings is 1. The Morgan fingerprint density at radius 2 is 2.21 bits per heavy atom. The highest BCUT2D eigenvalue weighted by atomic mass is 19.1. The number of carbonyl (C=O) groups excluding carboxylic acids is 1. The number of H-pyrrole nitrogens is 2. The Hall–Kier alpha value is -3.75. The summed E-state index contributed by atoms with van der Waals surface area (Å²) in [6.45, 7) is 0.884. The molecule has 0 fully saturated rings. The fraction of sp³-hybridized carbons (Fsp3) is 0.200. The highest BCUT2D eigenvalue weighted by molar-refractivity contribution is 5.99. The number of aromatic nitrogens is 6. The van der Waals surface area contributed by atoms with E-state index in [9.17, 15) is 9.18 Å². The molecule has 0 saturated heterocycles. The Morgan fingerprint density at radius 1 is 1.31 bits per heavy atom. The average Bonchev–Trinajstić information content (AvgIpc) is 3.46. The van der Waals surface area contributed by atoms with E-state index in [1.54, 1.807) is 34.2 Å². The zero-order chi connectivity index (χ0) is 20.0. The number of nitrogens with one attached hydrogen (secondary N) is 2. The first-order valence-corrected chi connectivity index (χ1v) is 9.19. The molecule has 1 aromatic carbocycles. The van der Waals surface area contributed by atoms with Crippen LogP contribution in [0.2, 0.25) is 0 Å². The van der Waals surface area contributed by atoms with Crippen molar-refractivity contribution in [2.45, 2.75) is 12.5 Å². The number of halogens is 1. The van der Waals surface area contributed by atoms with Crippen LogP contribution in [0.4, 0.5) is 4.39 Å². The van der Waals surface area contributed by atoms with Crippen LogP contribution in [0.25, 0.3) is 11.3 Å². The third kappa shape index (κ3) is 3.00. The average molecular weight is 391 g/mol. The van der Waals surface area contributed by atoms with Gasteiger partial charge >= 0.3 is 0 Å². The summed E-state index contributed by atoms with van der Waals surface area (Å²) in [5.74, 6) is -0.619. The first kappa shape index (κ1) is 17.4. The second-order valence-corrected chi connectivity index (χ2v) is 7.12. The SMILES string of the molecule is Cn1cc(C2CN(C(=O)c3cn[nH]c3-c3cccc(F)c3)Cc3[nH]cnc32)cn1.